The molecule has 6 heteroatoms. The van der Waals surface area contributed by atoms with E-state index in [4.69, 9.17) is 5.10 Å². The van der Waals surface area contributed by atoms with E-state index in [0.29, 0.717) is 19.0 Å². The van der Waals surface area contributed by atoms with Crippen LogP contribution in [0.4, 0.5) is 0 Å². The lowest BCUT2D eigenvalue weighted by molar-refractivity contribution is -0.144. The minimum atomic E-state index is -0.690. The quantitative estimate of drug-likeness (QED) is 0.721. The van der Waals surface area contributed by atoms with Gasteiger partial charge in [0, 0.05) is 31.4 Å². The van der Waals surface area contributed by atoms with Gasteiger partial charge in [0.2, 0.25) is 0 Å². The van der Waals surface area contributed by atoms with Gasteiger partial charge >= 0.3 is 5.97 Å². The first-order chi connectivity index (χ1) is 13.1. The third kappa shape index (κ3) is 3.96. The van der Waals surface area contributed by atoms with Crippen LogP contribution in [-0.4, -0.2) is 38.8 Å². The second-order valence-corrected chi connectivity index (χ2v) is 8.28. The van der Waals surface area contributed by atoms with Crippen LogP contribution in [0.2, 0.25) is 0 Å². The molecule has 27 heavy (non-hydrogen) atoms. The van der Waals surface area contributed by atoms with Crippen LogP contribution in [0.5, 0.6) is 0 Å². The summed E-state index contributed by atoms with van der Waals surface area (Å²) in [6.07, 6.45) is 2.84. The molecular formula is C21H23N3O2S. The van der Waals surface area contributed by atoms with E-state index in [1.54, 1.807) is 11.3 Å². The molecule has 1 aliphatic heterocycles. The molecule has 3 heterocycles. The molecule has 0 amide bonds. The molecule has 2 aromatic heterocycles. The molecule has 0 aliphatic carbocycles. The van der Waals surface area contributed by atoms with Gasteiger partial charge in [-0.3, -0.25) is 9.69 Å². The molecule has 0 saturated carbocycles. The fourth-order valence-corrected chi connectivity index (χ4v) is 4.61. The van der Waals surface area contributed by atoms with Gasteiger partial charge in [-0.1, -0.05) is 31.2 Å². The SMILES string of the molecule is CC1CC(C(=O)O)CN(Cc2cn(-c3ccccc3)nc2-c2cccs2)C1. The van der Waals surface area contributed by atoms with Crippen LogP contribution < -0.4 is 0 Å². The predicted molar refractivity (Wildman–Crippen MR) is 107 cm³/mol. The first kappa shape index (κ1) is 17.9. The summed E-state index contributed by atoms with van der Waals surface area (Å²) in [5.74, 6) is -0.595. The molecule has 4 rings (SSSR count). The Labute approximate surface area is 162 Å². The topological polar surface area (TPSA) is 58.4 Å². The van der Waals surface area contributed by atoms with Crippen LogP contribution >= 0.6 is 11.3 Å². The van der Waals surface area contributed by atoms with E-state index in [9.17, 15) is 9.90 Å². The number of aliphatic carboxylic acids is 1. The van der Waals surface area contributed by atoms with Gasteiger partial charge in [0.25, 0.3) is 0 Å². The van der Waals surface area contributed by atoms with Crippen molar-refractivity contribution in [2.24, 2.45) is 11.8 Å². The predicted octanol–water partition coefficient (Wildman–Crippen LogP) is 4.14. The van der Waals surface area contributed by atoms with E-state index < -0.39 is 5.97 Å². The molecule has 0 spiro atoms. The monoisotopic (exact) mass is 381 g/mol. The third-order valence-corrected chi connectivity index (χ3v) is 5.92. The molecule has 2 atom stereocenters. The number of hydrogen-bond donors (Lipinski definition) is 1. The maximum absolute atomic E-state index is 11.5. The van der Waals surface area contributed by atoms with Crippen LogP contribution in [0, 0.1) is 11.8 Å². The van der Waals surface area contributed by atoms with Crippen LogP contribution in [0.15, 0.2) is 54.0 Å². The van der Waals surface area contributed by atoms with E-state index in [1.165, 1.54) is 0 Å². The first-order valence-corrected chi connectivity index (χ1v) is 10.1. The molecule has 140 valence electrons. The fourth-order valence-electron chi connectivity index (χ4n) is 3.87. The number of piperidine rings is 1. The Bertz CT molecular complexity index is 905. The fraction of sp³-hybridized carbons (Fsp3) is 0.333. The molecule has 1 saturated heterocycles. The van der Waals surface area contributed by atoms with E-state index in [-0.39, 0.29) is 5.92 Å². The number of para-hydroxylation sites is 1. The summed E-state index contributed by atoms with van der Waals surface area (Å²) in [6.45, 7) is 4.37. The van der Waals surface area contributed by atoms with Gasteiger partial charge in [-0.25, -0.2) is 4.68 Å². The summed E-state index contributed by atoms with van der Waals surface area (Å²) < 4.78 is 1.92. The molecule has 1 fully saturated rings. The second kappa shape index (κ2) is 7.66. The number of aromatic nitrogens is 2. The Hall–Kier alpha value is -2.44. The molecule has 1 aliphatic rings. The lowest BCUT2D eigenvalue weighted by Crippen LogP contribution is -2.41. The van der Waals surface area contributed by atoms with Gasteiger partial charge < -0.3 is 5.11 Å². The van der Waals surface area contributed by atoms with Gasteiger partial charge in [-0.15, -0.1) is 11.3 Å². The molecule has 2 unspecified atom stereocenters. The Kier molecular flexibility index (Phi) is 5.09. The highest BCUT2D eigenvalue weighted by atomic mass is 32.1. The maximum Gasteiger partial charge on any atom is 0.307 e. The summed E-state index contributed by atoms with van der Waals surface area (Å²) in [6, 6.07) is 14.2. The smallest absolute Gasteiger partial charge is 0.307 e. The van der Waals surface area contributed by atoms with Crippen LogP contribution in [0.25, 0.3) is 16.3 Å². The highest BCUT2D eigenvalue weighted by molar-refractivity contribution is 7.13. The lowest BCUT2D eigenvalue weighted by Gasteiger charge is -2.34. The van der Waals surface area contributed by atoms with E-state index in [0.717, 1.165) is 34.8 Å². The lowest BCUT2D eigenvalue weighted by atomic mass is 9.90. The zero-order valence-electron chi connectivity index (χ0n) is 15.3. The number of rotatable bonds is 5. The number of hydrogen-bond acceptors (Lipinski definition) is 4. The average molecular weight is 382 g/mol. The summed E-state index contributed by atoms with van der Waals surface area (Å²) in [5, 5.41) is 16.4. The van der Waals surface area contributed by atoms with Crippen molar-refractivity contribution < 1.29 is 9.90 Å². The number of nitrogens with zero attached hydrogens (tertiary/aromatic N) is 3. The van der Waals surface area contributed by atoms with E-state index in [2.05, 4.69) is 29.5 Å². The number of carbonyl (C=O) groups is 1. The normalized spacial score (nSPS) is 20.6. The zero-order chi connectivity index (χ0) is 18.8. The number of carboxylic acids is 1. The zero-order valence-corrected chi connectivity index (χ0v) is 16.1. The molecule has 3 aromatic rings. The van der Waals surface area contributed by atoms with Crippen molar-refractivity contribution in [2.45, 2.75) is 19.9 Å². The first-order valence-electron chi connectivity index (χ1n) is 9.23. The van der Waals surface area contributed by atoms with Gasteiger partial charge in [-0.05, 0) is 35.9 Å². The van der Waals surface area contributed by atoms with Crippen LogP contribution in [0.1, 0.15) is 18.9 Å². The van der Waals surface area contributed by atoms with Crippen molar-refractivity contribution in [3.63, 3.8) is 0 Å². The summed E-state index contributed by atoms with van der Waals surface area (Å²) in [5.41, 5.74) is 3.15. The minimum Gasteiger partial charge on any atom is -0.481 e. The van der Waals surface area contributed by atoms with Crippen molar-refractivity contribution in [3.05, 3.63) is 59.6 Å². The number of likely N-dealkylation sites (tertiary alicyclic amines) is 1. The van der Waals surface area contributed by atoms with Crippen molar-refractivity contribution in [2.75, 3.05) is 13.1 Å². The average Bonchev–Trinajstić information content (AvgIpc) is 3.31. The molecule has 5 nitrogen and oxygen atoms in total. The highest BCUT2D eigenvalue weighted by Gasteiger charge is 2.30. The summed E-state index contributed by atoms with van der Waals surface area (Å²) in [7, 11) is 0. The van der Waals surface area contributed by atoms with E-state index in [1.807, 2.05) is 41.1 Å². The molecule has 0 radical (unpaired) electrons. The molecule has 1 N–H and O–H groups in total. The number of benzene rings is 1. The minimum absolute atomic E-state index is 0.289. The Morgan fingerprint density at radius 1 is 1.22 bits per heavy atom. The van der Waals surface area contributed by atoms with Gasteiger partial charge in [0.05, 0.1) is 16.5 Å². The Morgan fingerprint density at radius 2 is 2.04 bits per heavy atom. The summed E-state index contributed by atoms with van der Waals surface area (Å²) in [4.78, 5) is 14.9. The molecule has 0 bridgehead atoms. The van der Waals surface area contributed by atoms with Crippen molar-refractivity contribution >= 4 is 17.3 Å². The second-order valence-electron chi connectivity index (χ2n) is 7.33. The van der Waals surface area contributed by atoms with Crippen molar-refractivity contribution in [1.82, 2.24) is 14.7 Å². The molecule has 1 aromatic carbocycles. The van der Waals surface area contributed by atoms with Gasteiger partial charge in [0.1, 0.15) is 5.69 Å². The van der Waals surface area contributed by atoms with Crippen molar-refractivity contribution in [1.29, 1.82) is 0 Å². The van der Waals surface area contributed by atoms with Crippen LogP contribution in [0.3, 0.4) is 0 Å². The van der Waals surface area contributed by atoms with E-state index >= 15 is 0 Å². The van der Waals surface area contributed by atoms with Gasteiger partial charge in [0.15, 0.2) is 0 Å². The van der Waals surface area contributed by atoms with Gasteiger partial charge in [-0.2, -0.15) is 5.10 Å². The standard InChI is InChI=1S/C21H23N3O2S/c1-15-10-16(21(25)26)12-23(11-15)13-17-14-24(18-6-3-2-4-7-18)22-20(17)19-8-5-9-27-19/h2-9,14-16H,10-13H2,1H3,(H,25,26). The Morgan fingerprint density at radius 3 is 2.74 bits per heavy atom. The van der Waals surface area contributed by atoms with Crippen LogP contribution in [-0.2, 0) is 11.3 Å². The largest absolute Gasteiger partial charge is 0.481 e. The maximum atomic E-state index is 11.5. The van der Waals surface area contributed by atoms with Crippen molar-refractivity contribution in [3.8, 4) is 16.3 Å². The number of thiophene rings is 1. The summed E-state index contributed by atoms with van der Waals surface area (Å²) >= 11 is 1.68. The third-order valence-electron chi connectivity index (χ3n) is 5.04. The Balaban J connectivity index is 1.65. The highest BCUT2D eigenvalue weighted by Crippen LogP contribution is 2.30. The number of carboxylic acid groups (broad SMARTS) is 1. The molecular weight excluding hydrogens is 358 g/mol.